The molecule has 0 spiro atoms. The second-order valence-electron chi connectivity index (χ2n) is 5.47. The van der Waals surface area contributed by atoms with E-state index in [-0.39, 0.29) is 0 Å². The highest BCUT2D eigenvalue weighted by Crippen LogP contribution is 2.25. The summed E-state index contributed by atoms with van der Waals surface area (Å²) in [5, 5.41) is 4.01. The Morgan fingerprint density at radius 1 is 1.08 bits per heavy atom. The lowest BCUT2D eigenvalue weighted by molar-refractivity contribution is 0.384. The Morgan fingerprint density at radius 2 is 1.83 bits per heavy atom. The molecule has 24 heavy (non-hydrogen) atoms. The van der Waals surface area contributed by atoms with Crippen molar-refractivity contribution in [1.29, 1.82) is 0 Å². The highest BCUT2D eigenvalue weighted by atomic mass is 32.1. The van der Waals surface area contributed by atoms with Crippen molar-refractivity contribution in [3.63, 3.8) is 0 Å². The van der Waals surface area contributed by atoms with E-state index in [4.69, 9.17) is 21.7 Å². The molecule has 0 aliphatic rings. The van der Waals surface area contributed by atoms with Gasteiger partial charge in [0.1, 0.15) is 11.5 Å². The van der Waals surface area contributed by atoms with Crippen molar-refractivity contribution >= 4 is 23.0 Å². The number of para-hydroxylation sites is 1. The number of hydrogen-bond acceptors (Lipinski definition) is 3. The minimum atomic E-state index is 0.646. The number of rotatable bonds is 6. The van der Waals surface area contributed by atoms with Gasteiger partial charge in [0.05, 0.1) is 14.2 Å². The highest BCUT2D eigenvalue weighted by molar-refractivity contribution is 7.80. The van der Waals surface area contributed by atoms with Crippen molar-refractivity contribution in [2.45, 2.75) is 19.9 Å². The molecule has 0 radical (unpaired) electrons. The predicted octanol–water partition coefficient (Wildman–Crippen LogP) is 4.10. The second-order valence-corrected chi connectivity index (χ2v) is 5.86. The molecule has 4 nitrogen and oxygen atoms in total. The van der Waals surface area contributed by atoms with E-state index in [0.717, 1.165) is 29.2 Å². The molecular weight excluding hydrogens is 320 g/mol. The molecule has 0 fully saturated rings. The fourth-order valence-electron chi connectivity index (χ4n) is 2.47. The monoisotopic (exact) mass is 344 g/mol. The third kappa shape index (κ3) is 4.38. The van der Waals surface area contributed by atoms with Crippen LogP contribution in [0.3, 0.4) is 0 Å². The van der Waals surface area contributed by atoms with Gasteiger partial charge in [-0.15, -0.1) is 0 Å². The lowest BCUT2D eigenvalue weighted by Gasteiger charge is -2.23. The van der Waals surface area contributed by atoms with Crippen LogP contribution in [0.2, 0.25) is 0 Å². The molecule has 2 rings (SSSR count). The molecule has 128 valence electrons. The molecule has 0 aromatic heterocycles. The number of aryl methyl sites for hydroxylation is 1. The summed E-state index contributed by atoms with van der Waals surface area (Å²) in [6.45, 7) is 2.78. The van der Waals surface area contributed by atoms with Crippen molar-refractivity contribution in [2.75, 3.05) is 26.6 Å². The van der Waals surface area contributed by atoms with Gasteiger partial charge in [0.15, 0.2) is 5.11 Å². The Kier molecular flexibility index (Phi) is 6.44. The van der Waals surface area contributed by atoms with Gasteiger partial charge in [0.2, 0.25) is 0 Å². The number of nitrogens with one attached hydrogen (secondary N) is 1. The van der Waals surface area contributed by atoms with Crippen LogP contribution in [0.15, 0.2) is 42.5 Å². The predicted molar refractivity (Wildman–Crippen MR) is 103 cm³/mol. The first-order chi connectivity index (χ1) is 11.6. The molecule has 0 aliphatic heterocycles. The maximum absolute atomic E-state index is 5.54. The van der Waals surface area contributed by atoms with E-state index in [1.807, 2.05) is 48.3 Å². The topological polar surface area (TPSA) is 33.7 Å². The summed E-state index contributed by atoms with van der Waals surface area (Å²) in [7, 11) is 5.27. The van der Waals surface area contributed by atoms with Gasteiger partial charge in [-0.2, -0.15) is 0 Å². The van der Waals surface area contributed by atoms with Crippen LogP contribution < -0.4 is 14.8 Å². The highest BCUT2D eigenvalue weighted by Gasteiger charge is 2.11. The van der Waals surface area contributed by atoms with Crippen molar-refractivity contribution in [1.82, 2.24) is 4.90 Å². The minimum Gasteiger partial charge on any atom is -0.497 e. The largest absolute Gasteiger partial charge is 0.497 e. The molecule has 0 amide bonds. The molecule has 2 aromatic rings. The number of methoxy groups -OCH3 is 2. The number of hydrogen-bond donors (Lipinski definition) is 1. The number of benzene rings is 2. The first-order valence-electron chi connectivity index (χ1n) is 7.90. The van der Waals surface area contributed by atoms with Gasteiger partial charge in [-0.1, -0.05) is 25.1 Å². The Bertz CT molecular complexity index is 704. The minimum absolute atomic E-state index is 0.646. The summed E-state index contributed by atoms with van der Waals surface area (Å²) >= 11 is 5.54. The van der Waals surface area contributed by atoms with Crippen LogP contribution in [0.5, 0.6) is 11.5 Å². The van der Waals surface area contributed by atoms with Crippen LogP contribution >= 0.6 is 12.2 Å². The molecular formula is C19H24N2O2S. The van der Waals surface area contributed by atoms with Crippen LogP contribution in [-0.4, -0.2) is 31.3 Å². The van der Waals surface area contributed by atoms with Gasteiger partial charge in [0, 0.05) is 30.9 Å². The summed E-state index contributed by atoms with van der Waals surface area (Å²) in [6, 6.07) is 14.0. The molecule has 2 aromatic carbocycles. The molecule has 5 heteroatoms. The zero-order valence-corrected chi connectivity index (χ0v) is 15.4. The third-order valence-electron chi connectivity index (χ3n) is 3.89. The van der Waals surface area contributed by atoms with Crippen molar-refractivity contribution in [3.05, 3.63) is 53.6 Å². The Labute approximate surface area is 149 Å². The molecule has 0 saturated heterocycles. The van der Waals surface area contributed by atoms with E-state index in [1.54, 1.807) is 14.2 Å². The molecule has 0 saturated carbocycles. The normalized spacial score (nSPS) is 10.2. The van der Waals surface area contributed by atoms with Gasteiger partial charge < -0.3 is 19.7 Å². The second kappa shape index (κ2) is 8.55. The van der Waals surface area contributed by atoms with E-state index < -0.39 is 0 Å². The van der Waals surface area contributed by atoms with Crippen molar-refractivity contribution in [3.8, 4) is 11.5 Å². The molecule has 0 atom stereocenters. The molecule has 1 N–H and O–H groups in total. The van der Waals surface area contributed by atoms with Crippen molar-refractivity contribution < 1.29 is 9.47 Å². The fraction of sp³-hybridized carbons (Fsp3) is 0.316. The first-order valence-corrected chi connectivity index (χ1v) is 8.30. The standard InChI is InChI=1S/C19H24N2O2S/c1-5-14-8-6-7-9-17(14)20-19(24)21(2)13-15-10-11-16(22-3)12-18(15)23-4/h6-12H,5,13H2,1-4H3,(H,20,24). The summed E-state index contributed by atoms with van der Waals surface area (Å²) in [5.41, 5.74) is 3.35. The molecule has 0 heterocycles. The lowest BCUT2D eigenvalue weighted by atomic mass is 10.1. The average Bonchev–Trinajstić information content (AvgIpc) is 2.62. The summed E-state index contributed by atoms with van der Waals surface area (Å²) < 4.78 is 10.7. The first kappa shape index (κ1) is 18.1. The van der Waals surface area contributed by atoms with Crippen LogP contribution in [0, 0.1) is 0 Å². The summed E-state index contributed by atoms with van der Waals surface area (Å²) in [6.07, 6.45) is 0.960. The molecule has 0 aliphatic carbocycles. The van der Waals surface area contributed by atoms with Crippen LogP contribution in [0.1, 0.15) is 18.1 Å². The van der Waals surface area contributed by atoms with Crippen molar-refractivity contribution in [2.24, 2.45) is 0 Å². The number of ether oxygens (including phenoxy) is 2. The fourth-order valence-corrected chi connectivity index (χ4v) is 2.65. The lowest BCUT2D eigenvalue weighted by Crippen LogP contribution is -2.31. The SMILES string of the molecule is CCc1ccccc1NC(=S)N(C)Cc1ccc(OC)cc1OC. The third-order valence-corrected chi connectivity index (χ3v) is 4.30. The molecule has 0 bridgehead atoms. The zero-order valence-electron chi connectivity index (χ0n) is 14.6. The maximum Gasteiger partial charge on any atom is 0.173 e. The summed E-state index contributed by atoms with van der Waals surface area (Å²) in [5.74, 6) is 1.56. The van der Waals surface area contributed by atoms with E-state index in [2.05, 4.69) is 18.3 Å². The average molecular weight is 344 g/mol. The van der Waals surface area contributed by atoms with Gasteiger partial charge in [-0.3, -0.25) is 0 Å². The molecule has 0 unspecified atom stereocenters. The number of nitrogens with zero attached hydrogens (tertiary/aromatic N) is 1. The summed E-state index contributed by atoms with van der Waals surface area (Å²) in [4.78, 5) is 1.99. The van der Waals surface area contributed by atoms with Crippen LogP contribution in [0.4, 0.5) is 5.69 Å². The Balaban J connectivity index is 2.09. The van der Waals surface area contributed by atoms with Crippen LogP contribution in [-0.2, 0) is 13.0 Å². The van der Waals surface area contributed by atoms with E-state index in [9.17, 15) is 0 Å². The Morgan fingerprint density at radius 3 is 2.50 bits per heavy atom. The van der Waals surface area contributed by atoms with E-state index >= 15 is 0 Å². The Hall–Kier alpha value is -2.27. The van der Waals surface area contributed by atoms with Gasteiger partial charge >= 0.3 is 0 Å². The van der Waals surface area contributed by atoms with Gasteiger partial charge in [-0.05, 0) is 42.4 Å². The number of thiocarbonyl (C=S) groups is 1. The smallest absolute Gasteiger partial charge is 0.173 e. The van der Waals surface area contributed by atoms with Gasteiger partial charge in [0.25, 0.3) is 0 Å². The quantitative estimate of drug-likeness (QED) is 0.798. The van der Waals surface area contributed by atoms with E-state index in [1.165, 1.54) is 5.56 Å². The number of anilines is 1. The van der Waals surface area contributed by atoms with Crippen LogP contribution in [0.25, 0.3) is 0 Å². The van der Waals surface area contributed by atoms with E-state index in [0.29, 0.717) is 11.7 Å². The maximum atomic E-state index is 5.54. The van der Waals surface area contributed by atoms with Gasteiger partial charge in [-0.25, -0.2) is 0 Å². The zero-order chi connectivity index (χ0) is 17.5.